The number of hydrogen-bond acceptors (Lipinski definition) is 2. The Bertz CT molecular complexity index is 480. The highest BCUT2D eigenvalue weighted by Gasteiger charge is 2.36. The standard InChI is InChI=1S/C10H7F6NO2/c11-9(12,13)4-19-7-2-1-5(8(17)18)3-6(7)10(14,15)16/h1-3H,4H2,(H2,17,18). The molecule has 2 N–H and O–H groups in total. The van der Waals surface area contributed by atoms with Crippen molar-refractivity contribution in [2.45, 2.75) is 12.4 Å². The number of rotatable bonds is 3. The van der Waals surface area contributed by atoms with Crippen LogP contribution in [0.3, 0.4) is 0 Å². The van der Waals surface area contributed by atoms with Crippen molar-refractivity contribution in [3.8, 4) is 5.75 Å². The lowest BCUT2D eigenvalue weighted by atomic mass is 10.1. The van der Waals surface area contributed by atoms with Crippen LogP contribution in [0.5, 0.6) is 5.75 Å². The van der Waals surface area contributed by atoms with Crippen LogP contribution in [0.4, 0.5) is 26.3 Å². The Morgan fingerprint density at radius 3 is 2.16 bits per heavy atom. The molecule has 0 aromatic heterocycles. The Morgan fingerprint density at radius 1 is 1.16 bits per heavy atom. The molecular weight excluding hydrogens is 280 g/mol. The quantitative estimate of drug-likeness (QED) is 0.869. The van der Waals surface area contributed by atoms with Gasteiger partial charge in [-0.3, -0.25) is 4.79 Å². The maximum absolute atomic E-state index is 12.6. The Morgan fingerprint density at radius 2 is 1.74 bits per heavy atom. The third kappa shape index (κ3) is 4.34. The summed E-state index contributed by atoms with van der Waals surface area (Å²) in [6.07, 6.45) is -9.74. The molecule has 1 aromatic rings. The second kappa shape index (κ2) is 4.98. The third-order valence-corrected chi connectivity index (χ3v) is 1.96. The molecule has 0 atom stereocenters. The van der Waals surface area contributed by atoms with Crippen molar-refractivity contribution < 1.29 is 35.9 Å². The molecule has 0 saturated carbocycles. The summed E-state index contributed by atoms with van der Waals surface area (Å²) in [5.74, 6) is -2.15. The first-order valence-electron chi connectivity index (χ1n) is 4.71. The van der Waals surface area contributed by atoms with E-state index >= 15 is 0 Å². The van der Waals surface area contributed by atoms with Gasteiger partial charge in [0.2, 0.25) is 5.91 Å². The van der Waals surface area contributed by atoms with Crippen LogP contribution in [-0.4, -0.2) is 18.7 Å². The number of ether oxygens (including phenoxy) is 1. The lowest BCUT2D eigenvalue weighted by Gasteiger charge is -2.15. The zero-order chi connectivity index (χ0) is 14.8. The second-order valence-corrected chi connectivity index (χ2v) is 3.48. The van der Waals surface area contributed by atoms with Crippen molar-refractivity contribution in [2.75, 3.05) is 6.61 Å². The van der Waals surface area contributed by atoms with Gasteiger partial charge in [-0.25, -0.2) is 0 Å². The van der Waals surface area contributed by atoms with Gasteiger partial charge >= 0.3 is 12.4 Å². The van der Waals surface area contributed by atoms with Crippen LogP contribution in [0.1, 0.15) is 15.9 Å². The molecule has 106 valence electrons. The number of primary amides is 1. The lowest BCUT2D eigenvalue weighted by Crippen LogP contribution is -2.21. The average molecular weight is 287 g/mol. The van der Waals surface area contributed by atoms with Crippen LogP contribution in [-0.2, 0) is 6.18 Å². The highest BCUT2D eigenvalue weighted by Crippen LogP contribution is 2.37. The van der Waals surface area contributed by atoms with Crippen LogP contribution in [0.25, 0.3) is 0 Å². The van der Waals surface area contributed by atoms with E-state index in [1.54, 1.807) is 0 Å². The van der Waals surface area contributed by atoms with Gasteiger partial charge in [-0.1, -0.05) is 0 Å². The summed E-state index contributed by atoms with van der Waals surface area (Å²) in [7, 11) is 0. The van der Waals surface area contributed by atoms with Gasteiger partial charge in [0.25, 0.3) is 0 Å². The number of carbonyl (C=O) groups is 1. The minimum atomic E-state index is -4.97. The summed E-state index contributed by atoms with van der Waals surface area (Å²) in [4.78, 5) is 10.7. The molecule has 3 nitrogen and oxygen atoms in total. The minimum absolute atomic E-state index is 0.341. The number of hydrogen-bond donors (Lipinski definition) is 1. The number of alkyl halides is 6. The number of halogens is 6. The topological polar surface area (TPSA) is 52.3 Å². The number of nitrogens with two attached hydrogens (primary N) is 1. The molecule has 1 rings (SSSR count). The van der Waals surface area contributed by atoms with Gasteiger partial charge in [0, 0.05) is 5.56 Å². The van der Waals surface area contributed by atoms with Crippen molar-refractivity contribution in [1.82, 2.24) is 0 Å². The van der Waals surface area contributed by atoms with Gasteiger partial charge in [-0.2, -0.15) is 26.3 Å². The second-order valence-electron chi connectivity index (χ2n) is 3.48. The summed E-state index contributed by atoms with van der Waals surface area (Å²) < 4.78 is 77.6. The summed E-state index contributed by atoms with van der Waals surface area (Å²) in [5.41, 5.74) is 2.82. The van der Waals surface area contributed by atoms with Crippen molar-refractivity contribution in [2.24, 2.45) is 5.73 Å². The summed E-state index contributed by atoms with van der Waals surface area (Å²) in [6.45, 7) is -1.87. The molecule has 0 saturated heterocycles. The fourth-order valence-electron chi connectivity index (χ4n) is 1.19. The predicted molar refractivity (Wildman–Crippen MR) is 51.5 cm³/mol. The molecular formula is C10H7F6NO2. The van der Waals surface area contributed by atoms with Crippen LogP contribution in [0.15, 0.2) is 18.2 Å². The van der Waals surface area contributed by atoms with E-state index < -0.39 is 41.7 Å². The van der Waals surface area contributed by atoms with E-state index in [4.69, 9.17) is 5.73 Å². The molecule has 19 heavy (non-hydrogen) atoms. The highest BCUT2D eigenvalue weighted by molar-refractivity contribution is 5.93. The SMILES string of the molecule is NC(=O)c1ccc(OCC(F)(F)F)c(C(F)(F)F)c1. The Labute approximate surface area is 102 Å². The van der Waals surface area contributed by atoms with Crippen molar-refractivity contribution in [3.05, 3.63) is 29.3 Å². The molecule has 1 aromatic carbocycles. The maximum atomic E-state index is 12.6. The molecule has 0 aliphatic rings. The van der Waals surface area contributed by atoms with E-state index in [0.29, 0.717) is 12.1 Å². The van der Waals surface area contributed by atoms with Gasteiger partial charge in [0.1, 0.15) is 5.75 Å². The minimum Gasteiger partial charge on any atom is -0.483 e. The predicted octanol–water partition coefficient (Wildman–Crippen LogP) is 2.75. The molecule has 0 heterocycles. The van der Waals surface area contributed by atoms with E-state index in [1.807, 2.05) is 0 Å². The average Bonchev–Trinajstić information content (AvgIpc) is 2.23. The van der Waals surface area contributed by atoms with E-state index in [1.165, 1.54) is 0 Å². The Kier molecular flexibility index (Phi) is 3.97. The Balaban J connectivity index is 3.13. The first kappa shape index (κ1) is 15.1. The first-order valence-corrected chi connectivity index (χ1v) is 4.71. The van der Waals surface area contributed by atoms with Gasteiger partial charge in [-0.05, 0) is 18.2 Å². The maximum Gasteiger partial charge on any atom is 0.422 e. The molecule has 0 aliphatic carbocycles. The van der Waals surface area contributed by atoms with E-state index in [-0.39, 0.29) is 0 Å². The van der Waals surface area contributed by atoms with Crippen LogP contribution < -0.4 is 10.5 Å². The monoisotopic (exact) mass is 287 g/mol. The van der Waals surface area contributed by atoms with Gasteiger partial charge in [0.15, 0.2) is 6.61 Å². The van der Waals surface area contributed by atoms with Gasteiger partial charge in [0.05, 0.1) is 5.56 Å². The molecule has 0 bridgehead atoms. The van der Waals surface area contributed by atoms with Crippen molar-refractivity contribution >= 4 is 5.91 Å². The van der Waals surface area contributed by atoms with Crippen molar-refractivity contribution in [1.29, 1.82) is 0 Å². The zero-order valence-corrected chi connectivity index (χ0v) is 9.10. The fraction of sp³-hybridized carbons (Fsp3) is 0.300. The van der Waals surface area contributed by atoms with Crippen LogP contribution >= 0.6 is 0 Å². The lowest BCUT2D eigenvalue weighted by molar-refractivity contribution is -0.158. The van der Waals surface area contributed by atoms with E-state index in [9.17, 15) is 31.1 Å². The number of amides is 1. The molecule has 0 spiro atoms. The fourth-order valence-corrected chi connectivity index (χ4v) is 1.19. The van der Waals surface area contributed by atoms with Crippen molar-refractivity contribution in [3.63, 3.8) is 0 Å². The smallest absolute Gasteiger partial charge is 0.422 e. The van der Waals surface area contributed by atoms with Gasteiger partial charge in [-0.15, -0.1) is 0 Å². The molecule has 0 aliphatic heterocycles. The number of benzene rings is 1. The molecule has 0 fully saturated rings. The largest absolute Gasteiger partial charge is 0.483 e. The summed E-state index contributed by atoms with van der Waals surface area (Å²) >= 11 is 0. The van der Waals surface area contributed by atoms with Gasteiger partial charge < -0.3 is 10.5 Å². The summed E-state index contributed by atoms with van der Waals surface area (Å²) in [5, 5.41) is 0. The van der Waals surface area contributed by atoms with Crippen LogP contribution in [0.2, 0.25) is 0 Å². The molecule has 9 heteroatoms. The normalized spacial score (nSPS) is 12.3. The zero-order valence-electron chi connectivity index (χ0n) is 9.10. The van der Waals surface area contributed by atoms with Crippen LogP contribution in [0, 0.1) is 0 Å². The Hall–Kier alpha value is -1.93. The first-order chi connectivity index (χ1) is 8.50. The molecule has 1 amide bonds. The highest BCUT2D eigenvalue weighted by atomic mass is 19.4. The van der Waals surface area contributed by atoms with E-state index in [2.05, 4.69) is 4.74 Å². The number of carbonyl (C=O) groups excluding carboxylic acids is 1. The third-order valence-electron chi connectivity index (χ3n) is 1.96. The van der Waals surface area contributed by atoms with E-state index in [0.717, 1.165) is 6.07 Å². The molecule has 0 unspecified atom stereocenters. The summed E-state index contributed by atoms with van der Waals surface area (Å²) in [6, 6.07) is 1.81. The molecule has 0 radical (unpaired) electrons.